The van der Waals surface area contributed by atoms with E-state index in [4.69, 9.17) is 0 Å². The Morgan fingerprint density at radius 1 is 1.00 bits per heavy atom. The van der Waals surface area contributed by atoms with Crippen molar-refractivity contribution >= 4 is 23.4 Å². The van der Waals surface area contributed by atoms with Gasteiger partial charge in [-0.15, -0.1) is 0 Å². The Morgan fingerprint density at radius 2 is 1.68 bits per heavy atom. The summed E-state index contributed by atoms with van der Waals surface area (Å²) in [7, 11) is 0. The minimum atomic E-state index is -0.389. The zero-order valence-corrected chi connectivity index (χ0v) is 16.1. The number of amides is 3. The highest BCUT2D eigenvalue weighted by molar-refractivity contribution is 6.22. The van der Waals surface area contributed by atoms with Crippen molar-refractivity contribution < 1.29 is 14.4 Å². The van der Waals surface area contributed by atoms with E-state index in [1.165, 1.54) is 5.56 Å². The fraction of sp³-hybridized carbons (Fsp3) is 0.318. The standard InChI is InChI=1S/C22H23N3O3/c1-15-6-5-7-17(12-15)24-11-10-23(13-16(24)2)20(26)14-25-21(27)18-8-3-4-9-19(18)22(25)28/h3-9,12,16H,10-11,13-14H2,1-2H3/t16-/m0/s1. The maximum absolute atomic E-state index is 12.8. The summed E-state index contributed by atoms with van der Waals surface area (Å²) in [5.74, 6) is -0.967. The van der Waals surface area contributed by atoms with Gasteiger partial charge in [0, 0.05) is 31.4 Å². The molecule has 28 heavy (non-hydrogen) atoms. The molecule has 1 saturated heterocycles. The van der Waals surface area contributed by atoms with E-state index in [0.29, 0.717) is 24.2 Å². The Balaban J connectivity index is 1.42. The molecule has 0 saturated carbocycles. The molecule has 144 valence electrons. The summed E-state index contributed by atoms with van der Waals surface area (Å²) in [6.07, 6.45) is 0. The monoisotopic (exact) mass is 377 g/mol. The molecule has 2 aliphatic rings. The molecule has 2 aliphatic heterocycles. The van der Waals surface area contributed by atoms with E-state index in [-0.39, 0.29) is 30.3 Å². The lowest BCUT2D eigenvalue weighted by atomic mass is 10.1. The molecule has 2 aromatic carbocycles. The number of anilines is 1. The molecular formula is C22H23N3O3. The maximum atomic E-state index is 12.8. The highest BCUT2D eigenvalue weighted by Gasteiger charge is 2.37. The lowest BCUT2D eigenvalue weighted by Crippen LogP contribution is -2.55. The summed E-state index contributed by atoms with van der Waals surface area (Å²) in [5.41, 5.74) is 3.10. The third-order valence-electron chi connectivity index (χ3n) is 5.49. The van der Waals surface area contributed by atoms with Crippen molar-refractivity contribution in [2.75, 3.05) is 31.1 Å². The first-order chi connectivity index (χ1) is 13.5. The number of carbonyl (C=O) groups is 3. The molecule has 3 amide bonds. The Kier molecular flexibility index (Phi) is 4.63. The third kappa shape index (κ3) is 3.15. The number of carbonyl (C=O) groups excluding carboxylic acids is 3. The van der Waals surface area contributed by atoms with Gasteiger partial charge in [0.2, 0.25) is 5.91 Å². The Hall–Kier alpha value is -3.15. The van der Waals surface area contributed by atoms with Crippen LogP contribution in [-0.2, 0) is 4.79 Å². The summed E-state index contributed by atoms with van der Waals surface area (Å²) < 4.78 is 0. The zero-order chi connectivity index (χ0) is 19.8. The van der Waals surface area contributed by atoms with Crippen LogP contribution in [0.15, 0.2) is 48.5 Å². The summed E-state index contributed by atoms with van der Waals surface area (Å²) >= 11 is 0. The first-order valence-corrected chi connectivity index (χ1v) is 9.52. The molecule has 4 rings (SSSR count). The van der Waals surface area contributed by atoms with Gasteiger partial charge in [0.1, 0.15) is 6.54 Å². The average molecular weight is 377 g/mol. The van der Waals surface area contributed by atoms with E-state index in [1.807, 2.05) is 6.07 Å². The van der Waals surface area contributed by atoms with E-state index in [2.05, 4.69) is 36.9 Å². The van der Waals surface area contributed by atoms with Crippen molar-refractivity contribution in [3.05, 3.63) is 65.2 Å². The Labute approximate surface area is 164 Å². The number of imide groups is 1. The second kappa shape index (κ2) is 7.11. The molecule has 1 atom stereocenters. The van der Waals surface area contributed by atoms with Crippen LogP contribution in [0.25, 0.3) is 0 Å². The summed E-state index contributed by atoms with van der Waals surface area (Å²) in [6.45, 7) is 5.80. The van der Waals surface area contributed by atoms with Gasteiger partial charge >= 0.3 is 0 Å². The number of benzene rings is 2. The molecule has 0 radical (unpaired) electrons. The van der Waals surface area contributed by atoms with Gasteiger partial charge in [-0.2, -0.15) is 0 Å². The lowest BCUT2D eigenvalue weighted by molar-refractivity contribution is -0.132. The van der Waals surface area contributed by atoms with Crippen molar-refractivity contribution in [1.29, 1.82) is 0 Å². The number of fused-ring (bicyclic) bond motifs is 1. The minimum Gasteiger partial charge on any atom is -0.365 e. The van der Waals surface area contributed by atoms with Crippen LogP contribution in [0, 0.1) is 6.92 Å². The van der Waals surface area contributed by atoms with E-state index in [9.17, 15) is 14.4 Å². The van der Waals surface area contributed by atoms with Gasteiger partial charge in [0.25, 0.3) is 11.8 Å². The highest BCUT2D eigenvalue weighted by Crippen LogP contribution is 2.24. The van der Waals surface area contributed by atoms with Crippen LogP contribution in [0.3, 0.4) is 0 Å². The normalized spacial score (nSPS) is 19.2. The zero-order valence-electron chi connectivity index (χ0n) is 16.1. The lowest BCUT2D eigenvalue weighted by Gasteiger charge is -2.41. The number of aryl methyl sites for hydroxylation is 1. The van der Waals surface area contributed by atoms with Gasteiger partial charge in [0.15, 0.2) is 0 Å². The van der Waals surface area contributed by atoms with Crippen LogP contribution in [0.4, 0.5) is 5.69 Å². The van der Waals surface area contributed by atoms with Crippen molar-refractivity contribution in [3.63, 3.8) is 0 Å². The molecule has 0 aliphatic carbocycles. The summed E-state index contributed by atoms with van der Waals surface area (Å²) in [5, 5.41) is 0. The number of piperazine rings is 1. The van der Waals surface area contributed by atoms with Crippen LogP contribution in [0.5, 0.6) is 0 Å². The maximum Gasteiger partial charge on any atom is 0.262 e. The SMILES string of the molecule is Cc1cccc(N2CCN(C(=O)CN3C(=O)c4ccccc4C3=O)C[C@@H]2C)c1. The predicted molar refractivity (Wildman–Crippen MR) is 106 cm³/mol. The predicted octanol–water partition coefficient (Wildman–Crippen LogP) is 2.33. The Bertz CT molecular complexity index is 921. The van der Waals surface area contributed by atoms with Crippen LogP contribution >= 0.6 is 0 Å². The molecular weight excluding hydrogens is 354 g/mol. The van der Waals surface area contributed by atoms with E-state index in [0.717, 1.165) is 17.1 Å². The number of nitrogens with zero attached hydrogens (tertiary/aromatic N) is 3. The largest absolute Gasteiger partial charge is 0.365 e. The molecule has 1 fully saturated rings. The first-order valence-electron chi connectivity index (χ1n) is 9.52. The van der Waals surface area contributed by atoms with Crippen molar-refractivity contribution in [2.45, 2.75) is 19.9 Å². The highest BCUT2D eigenvalue weighted by atomic mass is 16.2. The number of rotatable bonds is 3. The van der Waals surface area contributed by atoms with Gasteiger partial charge < -0.3 is 9.80 Å². The molecule has 6 nitrogen and oxygen atoms in total. The van der Waals surface area contributed by atoms with Crippen LogP contribution < -0.4 is 4.90 Å². The average Bonchev–Trinajstić information content (AvgIpc) is 2.93. The van der Waals surface area contributed by atoms with Gasteiger partial charge in [-0.05, 0) is 43.7 Å². The van der Waals surface area contributed by atoms with E-state index in [1.54, 1.807) is 29.2 Å². The summed E-state index contributed by atoms with van der Waals surface area (Å²) in [4.78, 5) is 42.9. The van der Waals surface area contributed by atoms with Crippen molar-refractivity contribution in [1.82, 2.24) is 9.80 Å². The van der Waals surface area contributed by atoms with Crippen molar-refractivity contribution in [3.8, 4) is 0 Å². The van der Waals surface area contributed by atoms with Crippen LogP contribution in [0.1, 0.15) is 33.2 Å². The summed E-state index contributed by atoms with van der Waals surface area (Å²) in [6, 6.07) is 15.2. The topological polar surface area (TPSA) is 60.9 Å². The molecule has 2 heterocycles. The van der Waals surface area contributed by atoms with Gasteiger partial charge in [-0.25, -0.2) is 0 Å². The van der Waals surface area contributed by atoms with E-state index < -0.39 is 0 Å². The molecule has 0 bridgehead atoms. The molecule has 0 spiro atoms. The molecule has 0 aromatic heterocycles. The number of hydrogen-bond donors (Lipinski definition) is 0. The molecule has 2 aromatic rings. The van der Waals surface area contributed by atoms with Gasteiger partial charge in [-0.1, -0.05) is 24.3 Å². The fourth-order valence-electron chi connectivity index (χ4n) is 3.99. The second-order valence-corrected chi connectivity index (χ2v) is 7.46. The first kappa shape index (κ1) is 18.2. The van der Waals surface area contributed by atoms with Gasteiger partial charge in [0.05, 0.1) is 11.1 Å². The van der Waals surface area contributed by atoms with Crippen molar-refractivity contribution in [2.24, 2.45) is 0 Å². The fourth-order valence-corrected chi connectivity index (χ4v) is 3.99. The number of hydrogen-bond acceptors (Lipinski definition) is 4. The van der Waals surface area contributed by atoms with Gasteiger partial charge in [-0.3, -0.25) is 19.3 Å². The van der Waals surface area contributed by atoms with Crippen LogP contribution in [-0.4, -0.2) is 59.7 Å². The Morgan fingerprint density at radius 3 is 2.29 bits per heavy atom. The quantitative estimate of drug-likeness (QED) is 0.771. The van der Waals surface area contributed by atoms with Crippen LogP contribution in [0.2, 0.25) is 0 Å². The molecule has 0 unspecified atom stereocenters. The second-order valence-electron chi connectivity index (χ2n) is 7.46. The minimum absolute atomic E-state index is 0.154. The van der Waals surface area contributed by atoms with E-state index >= 15 is 0 Å². The molecule has 6 heteroatoms. The smallest absolute Gasteiger partial charge is 0.262 e. The third-order valence-corrected chi connectivity index (χ3v) is 5.49. The molecule has 0 N–H and O–H groups in total.